The van der Waals surface area contributed by atoms with E-state index in [0.717, 1.165) is 37.6 Å². The number of hydrogen-bond donors (Lipinski definition) is 0. The van der Waals surface area contributed by atoms with Crippen LogP contribution in [0.4, 0.5) is 11.6 Å². The fourth-order valence-corrected chi connectivity index (χ4v) is 2.25. The van der Waals surface area contributed by atoms with Crippen molar-refractivity contribution in [2.24, 2.45) is 5.92 Å². The Morgan fingerprint density at radius 2 is 2.11 bits per heavy atom. The summed E-state index contributed by atoms with van der Waals surface area (Å²) in [7, 11) is 3.95. The van der Waals surface area contributed by atoms with Crippen molar-refractivity contribution < 1.29 is 0 Å². The Balaban J connectivity index is 2.01. The molecule has 18 heavy (non-hydrogen) atoms. The molecule has 0 radical (unpaired) electrons. The lowest BCUT2D eigenvalue weighted by Gasteiger charge is -2.32. The van der Waals surface area contributed by atoms with Crippen LogP contribution in [0.5, 0.6) is 0 Å². The van der Waals surface area contributed by atoms with E-state index in [-0.39, 0.29) is 0 Å². The summed E-state index contributed by atoms with van der Waals surface area (Å²) in [6.45, 7) is 1.96. The third kappa shape index (κ3) is 2.89. The van der Waals surface area contributed by atoms with Crippen molar-refractivity contribution in [3.8, 4) is 6.07 Å². The number of nitriles is 1. The molecule has 1 aromatic rings. The van der Waals surface area contributed by atoms with Gasteiger partial charge in [0, 0.05) is 39.7 Å². The highest BCUT2D eigenvalue weighted by Gasteiger charge is 2.20. The number of aromatic nitrogens is 2. The molecular weight excluding hydrogens is 226 g/mol. The molecule has 2 heterocycles. The van der Waals surface area contributed by atoms with Crippen LogP contribution in [0.3, 0.4) is 0 Å². The van der Waals surface area contributed by atoms with Crippen molar-refractivity contribution in [2.75, 3.05) is 37.0 Å². The Morgan fingerprint density at radius 3 is 2.72 bits per heavy atom. The minimum atomic E-state index is 0.557. The molecule has 0 bridgehead atoms. The summed E-state index contributed by atoms with van der Waals surface area (Å²) >= 11 is 0. The van der Waals surface area contributed by atoms with Gasteiger partial charge in [-0.05, 0) is 18.8 Å². The molecule has 2 rings (SSSR count). The van der Waals surface area contributed by atoms with Crippen molar-refractivity contribution in [1.29, 1.82) is 5.26 Å². The molecule has 1 aromatic heterocycles. The zero-order chi connectivity index (χ0) is 13.0. The predicted octanol–water partition coefficient (Wildman–Crippen LogP) is 1.67. The first-order valence-electron chi connectivity index (χ1n) is 6.32. The number of hydrogen-bond acceptors (Lipinski definition) is 5. The Morgan fingerprint density at radius 1 is 1.39 bits per heavy atom. The van der Waals surface area contributed by atoms with E-state index in [9.17, 15) is 0 Å². The van der Waals surface area contributed by atoms with Crippen molar-refractivity contribution in [3.05, 3.63) is 12.4 Å². The van der Waals surface area contributed by atoms with Crippen molar-refractivity contribution >= 4 is 11.6 Å². The van der Waals surface area contributed by atoms with Crippen LogP contribution in [0.2, 0.25) is 0 Å². The van der Waals surface area contributed by atoms with Crippen molar-refractivity contribution in [3.63, 3.8) is 0 Å². The second-order valence-electron chi connectivity index (χ2n) is 4.92. The maximum absolute atomic E-state index is 8.71. The molecule has 1 saturated heterocycles. The lowest BCUT2D eigenvalue weighted by molar-refractivity contribution is 0.411. The first-order chi connectivity index (χ1) is 8.70. The molecule has 0 atom stereocenters. The molecule has 5 heteroatoms. The SMILES string of the molecule is CN(C)c1cc(N2CCC(CC#N)CC2)ncn1. The van der Waals surface area contributed by atoms with Crippen LogP contribution in [0.15, 0.2) is 12.4 Å². The van der Waals surface area contributed by atoms with Crippen LogP contribution < -0.4 is 9.80 Å². The minimum absolute atomic E-state index is 0.557. The third-order valence-electron chi connectivity index (χ3n) is 3.41. The van der Waals surface area contributed by atoms with Gasteiger partial charge in [-0.25, -0.2) is 9.97 Å². The summed E-state index contributed by atoms with van der Waals surface area (Å²) in [5, 5.41) is 8.71. The van der Waals surface area contributed by atoms with E-state index in [2.05, 4.69) is 20.9 Å². The fourth-order valence-electron chi connectivity index (χ4n) is 2.25. The van der Waals surface area contributed by atoms with E-state index in [0.29, 0.717) is 12.3 Å². The number of piperidine rings is 1. The summed E-state index contributed by atoms with van der Waals surface area (Å²) in [5.41, 5.74) is 0. The molecule has 5 nitrogen and oxygen atoms in total. The van der Waals surface area contributed by atoms with Gasteiger partial charge in [0.1, 0.15) is 18.0 Å². The lowest BCUT2D eigenvalue weighted by Crippen LogP contribution is -2.34. The smallest absolute Gasteiger partial charge is 0.134 e. The molecule has 0 aliphatic carbocycles. The summed E-state index contributed by atoms with van der Waals surface area (Å²) in [6, 6.07) is 4.28. The molecule has 0 amide bonds. The molecule has 0 saturated carbocycles. The second-order valence-corrected chi connectivity index (χ2v) is 4.92. The fraction of sp³-hybridized carbons (Fsp3) is 0.615. The number of rotatable bonds is 3. The van der Waals surface area contributed by atoms with Crippen LogP contribution in [0, 0.1) is 17.2 Å². The monoisotopic (exact) mass is 245 g/mol. The summed E-state index contributed by atoms with van der Waals surface area (Å²) in [6.07, 6.45) is 4.45. The number of anilines is 2. The Kier molecular flexibility index (Phi) is 3.98. The average molecular weight is 245 g/mol. The van der Waals surface area contributed by atoms with E-state index in [1.807, 2.05) is 25.1 Å². The van der Waals surface area contributed by atoms with Crippen LogP contribution in [-0.2, 0) is 0 Å². The standard InChI is InChI=1S/C13H19N5/c1-17(2)12-9-13(16-10-15-12)18-7-4-11(3-6-14)5-8-18/h9-11H,3-5,7-8H2,1-2H3. The lowest BCUT2D eigenvalue weighted by atomic mass is 9.94. The molecule has 0 spiro atoms. The van der Waals surface area contributed by atoms with Gasteiger partial charge >= 0.3 is 0 Å². The highest BCUT2D eigenvalue weighted by atomic mass is 15.2. The topological polar surface area (TPSA) is 56.0 Å². The highest BCUT2D eigenvalue weighted by molar-refractivity contribution is 5.49. The Labute approximate surface area is 108 Å². The van der Waals surface area contributed by atoms with Gasteiger partial charge in [0.2, 0.25) is 0 Å². The van der Waals surface area contributed by atoms with Gasteiger partial charge in [-0.3, -0.25) is 0 Å². The zero-order valence-electron chi connectivity index (χ0n) is 11.0. The summed E-state index contributed by atoms with van der Waals surface area (Å²) in [5.74, 6) is 2.48. The molecule has 1 fully saturated rings. The molecule has 0 unspecified atom stereocenters. The van der Waals surface area contributed by atoms with Crippen LogP contribution >= 0.6 is 0 Å². The van der Waals surface area contributed by atoms with Gasteiger partial charge in [0.25, 0.3) is 0 Å². The average Bonchev–Trinajstić information content (AvgIpc) is 2.40. The minimum Gasteiger partial charge on any atom is -0.363 e. The maximum atomic E-state index is 8.71. The van der Waals surface area contributed by atoms with Gasteiger partial charge in [-0.1, -0.05) is 0 Å². The van der Waals surface area contributed by atoms with Gasteiger partial charge in [-0.2, -0.15) is 5.26 Å². The molecule has 96 valence electrons. The largest absolute Gasteiger partial charge is 0.363 e. The Bertz CT molecular complexity index is 429. The van der Waals surface area contributed by atoms with Gasteiger partial charge in [0.05, 0.1) is 6.07 Å². The molecule has 0 aromatic carbocycles. The quantitative estimate of drug-likeness (QED) is 0.810. The van der Waals surface area contributed by atoms with E-state index < -0.39 is 0 Å². The maximum Gasteiger partial charge on any atom is 0.134 e. The van der Waals surface area contributed by atoms with Gasteiger partial charge in [0.15, 0.2) is 0 Å². The molecular formula is C13H19N5. The van der Waals surface area contributed by atoms with E-state index in [1.165, 1.54) is 0 Å². The molecule has 1 aliphatic heterocycles. The summed E-state index contributed by atoms with van der Waals surface area (Å²) in [4.78, 5) is 12.8. The highest BCUT2D eigenvalue weighted by Crippen LogP contribution is 2.24. The third-order valence-corrected chi connectivity index (χ3v) is 3.41. The van der Waals surface area contributed by atoms with Gasteiger partial charge in [-0.15, -0.1) is 0 Å². The van der Waals surface area contributed by atoms with E-state index in [1.54, 1.807) is 6.33 Å². The molecule has 1 aliphatic rings. The zero-order valence-corrected chi connectivity index (χ0v) is 11.0. The van der Waals surface area contributed by atoms with Crippen LogP contribution in [0.1, 0.15) is 19.3 Å². The van der Waals surface area contributed by atoms with Crippen LogP contribution in [0.25, 0.3) is 0 Å². The van der Waals surface area contributed by atoms with Crippen molar-refractivity contribution in [2.45, 2.75) is 19.3 Å². The van der Waals surface area contributed by atoms with Crippen molar-refractivity contribution in [1.82, 2.24) is 9.97 Å². The van der Waals surface area contributed by atoms with E-state index >= 15 is 0 Å². The normalized spacial score (nSPS) is 16.4. The van der Waals surface area contributed by atoms with Gasteiger partial charge < -0.3 is 9.80 Å². The Hall–Kier alpha value is -1.83. The van der Waals surface area contributed by atoms with E-state index in [4.69, 9.17) is 5.26 Å². The summed E-state index contributed by atoms with van der Waals surface area (Å²) < 4.78 is 0. The first-order valence-corrected chi connectivity index (χ1v) is 6.32. The first kappa shape index (κ1) is 12.6. The molecule has 0 N–H and O–H groups in total. The predicted molar refractivity (Wildman–Crippen MR) is 71.5 cm³/mol. The number of nitrogens with zero attached hydrogens (tertiary/aromatic N) is 5. The van der Waals surface area contributed by atoms with Crippen LogP contribution in [-0.4, -0.2) is 37.2 Å². The second kappa shape index (κ2) is 5.67.